The van der Waals surface area contributed by atoms with Crippen LogP contribution in [0.15, 0.2) is 50.2 Å². The van der Waals surface area contributed by atoms with Gasteiger partial charge in [-0.2, -0.15) is 0 Å². The molecule has 6 heteroatoms. The van der Waals surface area contributed by atoms with Crippen molar-refractivity contribution in [2.24, 2.45) is 0 Å². The summed E-state index contributed by atoms with van der Waals surface area (Å²) in [6, 6.07) is 12.2. The van der Waals surface area contributed by atoms with E-state index in [4.69, 9.17) is 4.74 Å². The number of ketones is 1. The summed E-state index contributed by atoms with van der Waals surface area (Å²) in [6.45, 7) is 5.29. The Balaban J connectivity index is 1.71. The molecule has 0 N–H and O–H groups in total. The SMILES string of the molecule is Cc1ccc(SC2(CN3CCCCC3)COc3c(Br)cc(Br)cc3C2=O)cc1. The molecule has 0 aliphatic carbocycles. The number of hydrogen-bond acceptors (Lipinski definition) is 4. The molecule has 0 spiro atoms. The third kappa shape index (κ3) is 4.20. The molecule has 0 saturated carbocycles. The van der Waals surface area contributed by atoms with E-state index in [0.29, 0.717) is 24.5 Å². The van der Waals surface area contributed by atoms with Gasteiger partial charge in [-0.3, -0.25) is 4.79 Å². The van der Waals surface area contributed by atoms with Crippen molar-refractivity contribution in [3.05, 3.63) is 56.5 Å². The van der Waals surface area contributed by atoms with Gasteiger partial charge in [0.05, 0.1) is 10.0 Å². The number of likely N-dealkylation sites (tertiary alicyclic amines) is 1. The lowest BCUT2D eigenvalue weighted by molar-refractivity contribution is 0.0806. The Kier molecular flexibility index (Phi) is 6.21. The number of carbonyl (C=O) groups excluding carboxylic acids is 1. The molecule has 0 amide bonds. The van der Waals surface area contributed by atoms with E-state index in [1.807, 2.05) is 12.1 Å². The zero-order valence-corrected chi connectivity index (χ0v) is 19.8. The van der Waals surface area contributed by atoms with Gasteiger partial charge < -0.3 is 9.64 Å². The molecule has 0 aromatic heterocycles. The maximum Gasteiger partial charge on any atom is 0.187 e. The van der Waals surface area contributed by atoms with Crippen molar-refractivity contribution in [2.75, 3.05) is 26.2 Å². The fraction of sp³-hybridized carbons (Fsp3) is 0.409. The Morgan fingerprint density at radius 1 is 1.11 bits per heavy atom. The molecule has 2 aliphatic heterocycles. The standard InChI is InChI=1S/C22H23Br2NO2S/c1-15-5-7-17(8-6-15)28-22(13-25-9-3-2-4-10-25)14-27-20-18(21(22)26)11-16(23)12-19(20)24/h5-8,11-12H,2-4,9-10,13-14H2,1H3. The van der Waals surface area contributed by atoms with Gasteiger partial charge in [0.2, 0.25) is 0 Å². The molecular weight excluding hydrogens is 502 g/mol. The molecule has 2 heterocycles. The molecule has 1 atom stereocenters. The number of rotatable bonds is 4. The highest BCUT2D eigenvalue weighted by Gasteiger charge is 2.47. The maximum atomic E-state index is 13.8. The first-order chi connectivity index (χ1) is 13.5. The fourth-order valence-corrected chi connectivity index (χ4v) is 6.54. The van der Waals surface area contributed by atoms with Crippen molar-refractivity contribution < 1.29 is 9.53 Å². The predicted molar refractivity (Wildman–Crippen MR) is 122 cm³/mol. The molecule has 0 bridgehead atoms. The summed E-state index contributed by atoms with van der Waals surface area (Å²) in [5.41, 5.74) is 1.88. The Morgan fingerprint density at radius 3 is 2.54 bits per heavy atom. The van der Waals surface area contributed by atoms with E-state index in [-0.39, 0.29) is 5.78 Å². The molecule has 2 aromatic rings. The molecule has 2 aliphatic rings. The van der Waals surface area contributed by atoms with Gasteiger partial charge >= 0.3 is 0 Å². The molecule has 148 valence electrons. The van der Waals surface area contributed by atoms with Crippen LogP contribution in [0, 0.1) is 6.92 Å². The fourth-order valence-electron chi connectivity index (χ4n) is 3.91. The summed E-state index contributed by atoms with van der Waals surface area (Å²) in [5.74, 6) is 0.818. The zero-order valence-electron chi connectivity index (χ0n) is 15.8. The highest BCUT2D eigenvalue weighted by atomic mass is 79.9. The quantitative estimate of drug-likeness (QED) is 0.482. The van der Waals surface area contributed by atoms with E-state index in [9.17, 15) is 4.79 Å². The summed E-state index contributed by atoms with van der Waals surface area (Å²) in [7, 11) is 0. The molecule has 1 fully saturated rings. The Morgan fingerprint density at radius 2 is 1.82 bits per heavy atom. The third-order valence-electron chi connectivity index (χ3n) is 5.38. The minimum atomic E-state index is -0.639. The van der Waals surface area contributed by atoms with Gasteiger partial charge in [-0.1, -0.05) is 40.0 Å². The first kappa shape index (κ1) is 20.5. The van der Waals surface area contributed by atoms with E-state index >= 15 is 0 Å². The monoisotopic (exact) mass is 523 g/mol. The van der Waals surface area contributed by atoms with Crippen LogP contribution < -0.4 is 4.74 Å². The van der Waals surface area contributed by atoms with Crippen LogP contribution in [0.1, 0.15) is 35.2 Å². The van der Waals surface area contributed by atoms with Crippen LogP contribution in [-0.2, 0) is 0 Å². The van der Waals surface area contributed by atoms with Gasteiger partial charge in [0.15, 0.2) is 5.78 Å². The number of Topliss-reactive ketones (excluding diaryl/α,β-unsaturated/α-hetero) is 1. The molecule has 3 nitrogen and oxygen atoms in total. The molecule has 0 radical (unpaired) electrons. The Labute approximate surface area is 187 Å². The summed E-state index contributed by atoms with van der Waals surface area (Å²) >= 11 is 8.72. The van der Waals surface area contributed by atoms with Crippen molar-refractivity contribution in [3.63, 3.8) is 0 Å². The first-order valence-electron chi connectivity index (χ1n) is 9.61. The lowest BCUT2D eigenvalue weighted by atomic mass is 9.93. The van der Waals surface area contributed by atoms with Gasteiger partial charge in [0.1, 0.15) is 17.1 Å². The number of halogens is 2. The number of nitrogens with zero attached hydrogens (tertiary/aromatic N) is 1. The molecule has 1 unspecified atom stereocenters. The van der Waals surface area contributed by atoms with Gasteiger partial charge in [0, 0.05) is 15.9 Å². The number of carbonyl (C=O) groups is 1. The van der Waals surface area contributed by atoms with E-state index in [1.165, 1.54) is 24.8 Å². The number of fused-ring (bicyclic) bond motifs is 1. The number of aryl methyl sites for hydroxylation is 1. The second-order valence-corrected chi connectivity index (χ2v) is 10.9. The maximum absolute atomic E-state index is 13.8. The smallest absolute Gasteiger partial charge is 0.187 e. The highest BCUT2D eigenvalue weighted by molar-refractivity contribution is 9.11. The zero-order chi connectivity index (χ0) is 19.7. The van der Waals surface area contributed by atoms with E-state index < -0.39 is 4.75 Å². The molecule has 2 aromatic carbocycles. The van der Waals surface area contributed by atoms with Crippen molar-refractivity contribution in [1.29, 1.82) is 0 Å². The number of hydrogen-bond donors (Lipinski definition) is 0. The number of piperidine rings is 1. The summed E-state index contributed by atoms with van der Waals surface area (Å²) in [6.07, 6.45) is 3.68. The summed E-state index contributed by atoms with van der Waals surface area (Å²) < 4.78 is 7.25. The highest BCUT2D eigenvalue weighted by Crippen LogP contribution is 2.45. The van der Waals surface area contributed by atoms with Gasteiger partial charge in [-0.05, 0) is 73.1 Å². The molecule has 1 saturated heterocycles. The number of thioether (sulfide) groups is 1. The molecular formula is C22H23Br2NO2S. The van der Waals surface area contributed by atoms with Crippen LogP contribution in [0.25, 0.3) is 0 Å². The molecule has 4 rings (SSSR count). The van der Waals surface area contributed by atoms with Crippen molar-refractivity contribution >= 4 is 49.4 Å². The lowest BCUT2D eigenvalue weighted by Gasteiger charge is -2.40. The largest absolute Gasteiger partial charge is 0.490 e. The average Bonchev–Trinajstić information content (AvgIpc) is 2.68. The van der Waals surface area contributed by atoms with Gasteiger partial charge in [-0.25, -0.2) is 0 Å². The topological polar surface area (TPSA) is 29.5 Å². The van der Waals surface area contributed by atoms with Crippen LogP contribution in [-0.4, -0.2) is 41.7 Å². The van der Waals surface area contributed by atoms with Crippen LogP contribution in [0.3, 0.4) is 0 Å². The minimum Gasteiger partial charge on any atom is -0.490 e. The normalized spacial score (nSPS) is 22.6. The minimum absolute atomic E-state index is 0.159. The predicted octanol–water partition coefficient (Wildman–Crippen LogP) is 6.11. The van der Waals surface area contributed by atoms with Crippen molar-refractivity contribution in [1.82, 2.24) is 4.90 Å². The third-order valence-corrected chi connectivity index (χ3v) is 7.76. The number of ether oxygens (including phenoxy) is 1. The van der Waals surface area contributed by atoms with E-state index in [1.54, 1.807) is 11.8 Å². The second-order valence-electron chi connectivity index (χ2n) is 7.63. The van der Waals surface area contributed by atoms with Crippen LogP contribution in [0.2, 0.25) is 0 Å². The Hall–Kier alpha value is -0.820. The van der Waals surface area contributed by atoms with Crippen LogP contribution >= 0.6 is 43.6 Å². The van der Waals surface area contributed by atoms with Gasteiger partial charge in [-0.15, -0.1) is 11.8 Å². The van der Waals surface area contributed by atoms with Crippen LogP contribution in [0.5, 0.6) is 5.75 Å². The van der Waals surface area contributed by atoms with Crippen molar-refractivity contribution in [2.45, 2.75) is 35.8 Å². The summed E-state index contributed by atoms with van der Waals surface area (Å²) in [4.78, 5) is 17.4. The number of benzene rings is 2. The van der Waals surface area contributed by atoms with E-state index in [0.717, 1.165) is 26.9 Å². The summed E-state index contributed by atoms with van der Waals surface area (Å²) in [5, 5.41) is 0. The first-order valence-corrected chi connectivity index (χ1v) is 12.0. The van der Waals surface area contributed by atoms with Crippen LogP contribution in [0.4, 0.5) is 0 Å². The lowest BCUT2D eigenvalue weighted by Crippen LogP contribution is -2.53. The molecule has 28 heavy (non-hydrogen) atoms. The Bertz CT molecular complexity index is 881. The van der Waals surface area contributed by atoms with E-state index in [2.05, 4.69) is 67.9 Å². The second kappa shape index (κ2) is 8.50. The van der Waals surface area contributed by atoms with Gasteiger partial charge in [0.25, 0.3) is 0 Å². The van der Waals surface area contributed by atoms with Crippen molar-refractivity contribution in [3.8, 4) is 5.75 Å². The average molecular weight is 525 g/mol.